The van der Waals surface area contributed by atoms with Crippen LogP contribution in [0, 0.1) is 11.8 Å². The number of hydrogen-bond donors (Lipinski definition) is 0. The second kappa shape index (κ2) is 22.5. The lowest BCUT2D eigenvalue weighted by atomic mass is 10.1. The van der Waals surface area contributed by atoms with E-state index in [2.05, 4.69) is 40.0 Å². The number of carbonyl (C=O) groups excluding carboxylic acids is 2. The summed E-state index contributed by atoms with van der Waals surface area (Å²) < 4.78 is 34.3. The Kier molecular flexibility index (Phi) is 22.2. The van der Waals surface area contributed by atoms with Crippen LogP contribution < -0.4 is 0 Å². The van der Waals surface area contributed by atoms with E-state index in [4.69, 9.17) is 28.1 Å². The van der Waals surface area contributed by atoms with Gasteiger partial charge in [-0.3, -0.25) is 9.15 Å². The van der Waals surface area contributed by atoms with Gasteiger partial charge in [-0.25, -0.2) is 0 Å². The van der Waals surface area contributed by atoms with Gasteiger partial charge in [0.2, 0.25) is 16.6 Å². The predicted molar refractivity (Wildman–Crippen MR) is 148 cm³/mol. The molecule has 8 nitrogen and oxygen atoms in total. The highest BCUT2D eigenvalue weighted by Gasteiger charge is 2.30. The van der Waals surface area contributed by atoms with E-state index in [0.717, 1.165) is 63.6 Å². The number of hydrogen-bond acceptors (Lipinski definition) is 8. The van der Waals surface area contributed by atoms with Gasteiger partial charge in [0.15, 0.2) is 0 Å². The molecule has 0 fully saturated rings. The highest BCUT2D eigenvalue weighted by atomic mass is 28.4. The maximum absolute atomic E-state index is 11.2. The first-order valence-electron chi connectivity index (χ1n) is 13.8. The van der Waals surface area contributed by atoms with Crippen LogP contribution in [0.5, 0.6) is 0 Å². The van der Waals surface area contributed by atoms with Crippen LogP contribution in [-0.4, -0.2) is 82.1 Å². The minimum Gasteiger partial charge on any atom is -0.381 e. The molecule has 0 heterocycles. The van der Waals surface area contributed by atoms with Crippen LogP contribution in [-0.2, 0) is 37.7 Å². The van der Waals surface area contributed by atoms with Crippen molar-refractivity contribution in [2.24, 2.45) is 11.8 Å². The maximum Gasteiger partial charge on any atom is 0.231 e. The summed E-state index contributed by atoms with van der Waals surface area (Å²) in [6.45, 7) is 17.6. The molecule has 0 aliphatic carbocycles. The van der Waals surface area contributed by atoms with Crippen molar-refractivity contribution >= 4 is 29.2 Å². The molecule has 0 saturated heterocycles. The van der Waals surface area contributed by atoms with Crippen LogP contribution in [0.4, 0.5) is 0 Å². The normalized spacial score (nSPS) is 14.1. The third-order valence-electron chi connectivity index (χ3n) is 5.64. The Hall–Kier alpha value is -0.466. The van der Waals surface area contributed by atoms with Gasteiger partial charge in [-0.2, -0.15) is 0 Å². The average molecular weight is 551 g/mol. The van der Waals surface area contributed by atoms with Crippen LogP contribution >= 0.6 is 0 Å². The van der Waals surface area contributed by atoms with Crippen LogP contribution in [0.25, 0.3) is 0 Å². The number of aldehydes is 2. The number of rotatable bonds is 27. The standard InChI is InChI=1S/C26H54O8Si2/c1-7-13-29-17-11-25(21-27)23-31-15-9-19-35(3,4)33-34-36(5,6)20-10-16-32-24-26(22-28)12-18-30-14-8-2/h21-22,25-26H,7-20,23-24H2,1-6H3. The van der Waals surface area contributed by atoms with Crippen molar-refractivity contribution in [1.29, 1.82) is 0 Å². The zero-order valence-corrected chi connectivity index (χ0v) is 25.9. The predicted octanol–water partition coefficient (Wildman–Crippen LogP) is 5.42. The number of ether oxygens (including phenoxy) is 4. The third kappa shape index (κ3) is 21.6. The van der Waals surface area contributed by atoms with Gasteiger partial charge < -0.3 is 28.5 Å². The molecule has 36 heavy (non-hydrogen) atoms. The van der Waals surface area contributed by atoms with Gasteiger partial charge in [0.1, 0.15) is 12.6 Å². The summed E-state index contributed by atoms with van der Waals surface area (Å²) in [7, 11) is -3.92. The van der Waals surface area contributed by atoms with Crippen molar-refractivity contribution in [2.45, 2.75) is 90.6 Å². The molecule has 0 bridgehead atoms. The van der Waals surface area contributed by atoms with Gasteiger partial charge in [-0.15, -0.1) is 0 Å². The van der Waals surface area contributed by atoms with Gasteiger partial charge in [0.25, 0.3) is 0 Å². The fraction of sp³-hybridized carbons (Fsp3) is 0.923. The lowest BCUT2D eigenvalue weighted by Gasteiger charge is -2.28. The summed E-state index contributed by atoms with van der Waals surface area (Å²) in [6, 6.07) is 1.86. The van der Waals surface area contributed by atoms with E-state index < -0.39 is 16.6 Å². The van der Waals surface area contributed by atoms with E-state index in [1.807, 2.05) is 0 Å². The molecule has 2 atom stereocenters. The summed E-state index contributed by atoms with van der Waals surface area (Å²) in [4.78, 5) is 22.4. The van der Waals surface area contributed by atoms with Crippen molar-refractivity contribution in [2.75, 3.05) is 52.9 Å². The highest BCUT2D eigenvalue weighted by molar-refractivity contribution is 6.73. The Labute approximate surface area is 222 Å². The largest absolute Gasteiger partial charge is 0.381 e. The Morgan fingerprint density at radius 2 is 0.972 bits per heavy atom. The van der Waals surface area contributed by atoms with E-state index in [9.17, 15) is 9.59 Å². The minimum atomic E-state index is -1.96. The first-order valence-corrected chi connectivity index (χ1v) is 20.0. The van der Waals surface area contributed by atoms with E-state index >= 15 is 0 Å². The molecule has 0 rings (SSSR count). The molecule has 2 unspecified atom stereocenters. The van der Waals surface area contributed by atoms with E-state index in [0.29, 0.717) is 52.5 Å². The van der Waals surface area contributed by atoms with Crippen molar-refractivity contribution in [3.63, 3.8) is 0 Å². The van der Waals surface area contributed by atoms with Gasteiger partial charge in [-0.1, -0.05) is 13.8 Å². The second-order valence-electron chi connectivity index (χ2n) is 10.6. The van der Waals surface area contributed by atoms with E-state index in [-0.39, 0.29) is 11.8 Å². The molecular formula is C26H54O8Si2. The zero-order valence-electron chi connectivity index (χ0n) is 23.9. The van der Waals surface area contributed by atoms with Crippen molar-refractivity contribution in [3.05, 3.63) is 0 Å². The lowest BCUT2D eigenvalue weighted by Crippen LogP contribution is -2.39. The molecule has 0 aromatic carbocycles. The highest BCUT2D eigenvalue weighted by Crippen LogP contribution is 2.21. The Morgan fingerprint density at radius 3 is 1.31 bits per heavy atom. The maximum atomic E-state index is 11.2. The van der Waals surface area contributed by atoms with E-state index in [1.54, 1.807) is 0 Å². The lowest BCUT2D eigenvalue weighted by molar-refractivity contribution is -0.126. The molecule has 214 valence electrons. The minimum absolute atomic E-state index is 0.105. The first-order chi connectivity index (χ1) is 17.2. The average Bonchev–Trinajstić information content (AvgIpc) is 2.85. The number of carbonyl (C=O) groups is 2. The first kappa shape index (κ1) is 35.5. The van der Waals surface area contributed by atoms with Gasteiger partial charge >= 0.3 is 0 Å². The molecule has 0 spiro atoms. The van der Waals surface area contributed by atoms with Gasteiger partial charge in [0.05, 0.1) is 13.2 Å². The molecule has 0 N–H and O–H groups in total. The molecule has 0 saturated carbocycles. The Bertz CT molecular complexity index is 488. The summed E-state index contributed by atoms with van der Waals surface area (Å²) in [5.41, 5.74) is 0. The fourth-order valence-corrected chi connectivity index (χ4v) is 7.28. The van der Waals surface area contributed by atoms with Crippen molar-refractivity contribution < 1.29 is 37.7 Å². The monoisotopic (exact) mass is 550 g/mol. The molecule has 10 heteroatoms. The smallest absolute Gasteiger partial charge is 0.231 e. The molecule has 0 radical (unpaired) electrons. The van der Waals surface area contributed by atoms with Crippen LogP contribution in [0.1, 0.15) is 52.4 Å². The summed E-state index contributed by atoms with van der Waals surface area (Å²) in [5, 5.41) is 0. The van der Waals surface area contributed by atoms with Crippen LogP contribution in [0.15, 0.2) is 0 Å². The SMILES string of the molecule is CCCOCCC(C=O)COCCC[Si](C)(C)OO[Si](C)(C)CCCOCC(C=O)CCOCCC. The van der Waals surface area contributed by atoms with Gasteiger partial charge in [0, 0.05) is 51.5 Å². The van der Waals surface area contributed by atoms with Gasteiger partial charge in [-0.05, 0) is 76.8 Å². The Balaban J connectivity index is 3.97. The zero-order chi connectivity index (χ0) is 27.1. The van der Waals surface area contributed by atoms with Crippen molar-refractivity contribution in [3.8, 4) is 0 Å². The molecule has 0 aliphatic rings. The van der Waals surface area contributed by atoms with Crippen molar-refractivity contribution in [1.82, 2.24) is 0 Å². The molecule has 0 aromatic heterocycles. The van der Waals surface area contributed by atoms with Crippen LogP contribution in [0.2, 0.25) is 38.3 Å². The summed E-state index contributed by atoms with van der Waals surface area (Å²) >= 11 is 0. The van der Waals surface area contributed by atoms with Crippen LogP contribution in [0.3, 0.4) is 0 Å². The fourth-order valence-electron chi connectivity index (χ4n) is 3.32. The molecular weight excluding hydrogens is 496 g/mol. The molecule has 0 aromatic rings. The molecule has 0 aliphatic heterocycles. The third-order valence-corrected chi connectivity index (χ3v) is 9.99. The second-order valence-corrected chi connectivity index (χ2v) is 19.0. The topological polar surface area (TPSA) is 89.5 Å². The summed E-state index contributed by atoms with van der Waals surface area (Å²) in [5.74, 6) is -0.210. The Morgan fingerprint density at radius 1 is 0.583 bits per heavy atom. The molecule has 0 amide bonds. The quantitative estimate of drug-likeness (QED) is 0.0440. The van der Waals surface area contributed by atoms with E-state index in [1.165, 1.54) is 0 Å². The summed E-state index contributed by atoms with van der Waals surface area (Å²) in [6.07, 6.45) is 7.09.